The number of carbonyl (C=O) groups is 1. The van der Waals surface area contributed by atoms with Crippen molar-refractivity contribution >= 4 is 33.1 Å². The van der Waals surface area contributed by atoms with Crippen LogP contribution >= 0.6 is 11.6 Å². The minimum Gasteiger partial charge on any atom is -0.295 e. The maximum Gasteiger partial charge on any atom is 0.262 e. The molecule has 0 bridgehead atoms. The maximum absolute atomic E-state index is 12.5. The van der Waals surface area contributed by atoms with E-state index in [1.54, 1.807) is 38.1 Å². The van der Waals surface area contributed by atoms with Crippen LogP contribution in [0.5, 0.6) is 0 Å². The summed E-state index contributed by atoms with van der Waals surface area (Å²) in [5, 5.41) is 0.523. The van der Waals surface area contributed by atoms with E-state index < -0.39 is 10.0 Å². The molecule has 0 saturated carbocycles. The van der Waals surface area contributed by atoms with Crippen molar-refractivity contribution in [2.75, 3.05) is 4.72 Å². The average molecular weight is 338 g/mol. The molecule has 2 aromatic carbocycles. The van der Waals surface area contributed by atoms with Crippen molar-refractivity contribution in [1.29, 1.82) is 0 Å². The number of rotatable bonds is 4. The van der Waals surface area contributed by atoms with Crippen molar-refractivity contribution in [3.8, 4) is 0 Å². The molecule has 2 aromatic rings. The molecule has 0 radical (unpaired) electrons. The molecule has 0 unspecified atom stereocenters. The van der Waals surface area contributed by atoms with Crippen LogP contribution in [0.4, 0.5) is 5.69 Å². The molecule has 0 aliphatic rings. The van der Waals surface area contributed by atoms with E-state index in [0.29, 0.717) is 27.4 Å². The fraction of sp³-hybridized carbons (Fsp3) is 0.188. The van der Waals surface area contributed by atoms with Gasteiger partial charge in [-0.15, -0.1) is 0 Å². The van der Waals surface area contributed by atoms with Gasteiger partial charge in [0, 0.05) is 16.3 Å². The minimum absolute atomic E-state index is 0.125. The van der Waals surface area contributed by atoms with E-state index in [1.165, 1.54) is 19.1 Å². The van der Waals surface area contributed by atoms with Crippen LogP contribution in [0.1, 0.15) is 28.4 Å². The maximum atomic E-state index is 12.5. The molecule has 0 saturated heterocycles. The second-order valence-corrected chi connectivity index (χ2v) is 7.17. The highest BCUT2D eigenvalue weighted by Crippen LogP contribution is 2.25. The first-order valence-electron chi connectivity index (χ1n) is 6.61. The van der Waals surface area contributed by atoms with Gasteiger partial charge >= 0.3 is 0 Å². The molecule has 0 fully saturated rings. The standard InChI is InChI=1S/C16H16ClNO3S/c1-10-8-16(11(2)7-15(10)17)22(20,21)18-14-6-4-5-13(9-14)12(3)19/h4-9,18H,1-3H3. The molecular weight excluding hydrogens is 322 g/mol. The first kappa shape index (κ1) is 16.5. The molecule has 4 nitrogen and oxygen atoms in total. The highest BCUT2D eigenvalue weighted by molar-refractivity contribution is 7.92. The lowest BCUT2D eigenvalue weighted by Gasteiger charge is -2.12. The summed E-state index contributed by atoms with van der Waals surface area (Å²) in [6.07, 6.45) is 0. The van der Waals surface area contributed by atoms with Crippen LogP contribution in [-0.4, -0.2) is 14.2 Å². The molecule has 0 heterocycles. The number of hydrogen-bond acceptors (Lipinski definition) is 3. The Morgan fingerprint density at radius 3 is 2.41 bits per heavy atom. The van der Waals surface area contributed by atoms with Crippen molar-refractivity contribution in [2.24, 2.45) is 0 Å². The van der Waals surface area contributed by atoms with Crippen molar-refractivity contribution in [3.63, 3.8) is 0 Å². The van der Waals surface area contributed by atoms with Crippen LogP contribution in [-0.2, 0) is 10.0 Å². The predicted octanol–water partition coefficient (Wildman–Crippen LogP) is 3.96. The van der Waals surface area contributed by atoms with Crippen LogP contribution < -0.4 is 4.72 Å². The first-order valence-corrected chi connectivity index (χ1v) is 8.47. The molecule has 0 aliphatic carbocycles. The minimum atomic E-state index is -3.75. The quantitative estimate of drug-likeness (QED) is 0.859. The molecule has 2 rings (SSSR count). The van der Waals surface area contributed by atoms with E-state index in [2.05, 4.69) is 4.72 Å². The number of sulfonamides is 1. The van der Waals surface area contributed by atoms with Gasteiger partial charge in [0.2, 0.25) is 0 Å². The van der Waals surface area contributed by atoms with Gasteiger partial charge < -0.3 is 0 Å². The Hall–Kier alpha value is -1.85. The summed E-state index contributed by atoms with van der Waals surface area (Å²) >= 11 is 6.00. The predicted molar refractivity (Wildman–Crippen MR) is 88.2 cm³/mol. The lowest BCUT2D eigenvalue weighted by Crippen LogP contribution is -2.15. The molecule has 116 valence electrons. The molecular formula is C16H16ClNO3S. The Morgan fingerprint density at radius 2 is 1.77 bits per heavy atom. The van der Waals surface area contributed by atoms with Crippen molar-refractivity contribution in [3.05, 3.63) is 58.1 Å². The van der Waals surface area contributed by atoms with Gasteiger partial charge in [0.1, 0.15) is 0 Å². The van der Waals surface area contributed by atoms with E-state index in [0.717, 1.165) is 0 Å². The summed E-state index contributed by atoms with van der Waals surface area (Å²) in [5.41, 5.74) is 2.04. The van der Waals surface area contributed by atoms with Gasteiger partial charge in [-0.1, -0.05) is 23.7 Å². The summed E-state index contributed by atoms with van der Waals surface area (Å²) < 4.78 is 27.6. The van der Waals surface area contributed by atoms with E-state index in [1.807, 2.05) is 0 Å². The van der Waals surface area contributed by atoms with Crippen molar-refractivity contribution in [1.82, 2.24) is 0 Å². The smallest absolute Gasteiger partial charge is 0.262 e. The van der Waals surface area contributed by atoms with E-state index >= 15 is 0 Å². The molecule has 1 N–H and O–H groups in total. The van der Waals surface area contributed by atoms with Gasteiger partial charge in [0.25, 0.3) is 10.0 Å². The van der Waals surface area contributed by atoms with Gasteiger partial charge in [-0.3, -0.25) is 9.52 Å². The number of aryl methyl sites for hydroxylation is 2. The molecule has 22 heavy (non-hydrogen) atoms. The third-order valence-corrected chi connectivity index (χ3v) is 5.20. The second kappa shape index (κ2) is 6.10. The lowest BCUT2D eigenvalue weighted by molar-refractivity contribution is 0.101. The number of halogens is 1. The normalized spacial score (nSPS) is 11.3. The zero-order valence-electron chi connectivity index (χ0n) is 12.5. The Kier molecular flexibility index (Phi) is 4.58. The van der Waals surface area contributed by atoms with E-state index in [4.69, 9.17) is 11.6 Å². The molecule has 0 aliphatic heterocycles. The molecule has 0 aromatic heterocycles. The number of anilines is 1. The van der Waals surface area contributed by atoms with Crippen molar-refractivity contribution < 1.29 is 13.2 Å². The summed E-state index contributed by atoms with van der Waals surface area (Å²) in [6, 6.07) is 9.54. The molecule has 0 atom stereocenters. The van der Waals surface area contributed by atoms with Crippen LogP contribution in [0, 0.1) is 13.8 Å². The molecule has 0 amide bonds. The fourth-order valence-corrected chi connectivity index (χ4v) is 3.64. The molecule has 6 heteroatoms. The Bertz CT molecular complexity index is 844. The van der Waals surface area contributed by atoms with Gasteiger partial charge in [-0.2, -0.15) is 0 Å². The van der Waals surface area contributed by atoms with E-state index in [-0.39, 0.29) is 10.7 Å². The van der Waals surface area contributed by atoms with Crippen LogP contribution in [0.25, 0.3) is 0 Å². The number of benzene rings is 2. The summed E-state index contributed by atoms with van der Waals surface area (Å²) in [4.78, 5) is 11.5. The van der Waals surface area contributed by atoms with Gasteiger partial charge in [0.05, 0.1) is 4.90 Å². The van der Waals surface area contributed by atoms with Crippen LogP contribution in [0.15, 0.2) is 41.3 Å². The van der Waals surface area contributed by atoms with Crippen LogP contribution in [0.3, 0.4) is 0 Å². The Balaban J connectivity index is 2.42. The average Bonchev–Trinajstić information content (AvgIpc) is 2.42. The fourth-order valence-electron chi connectivity index (χ4n) is 2.06. The number of Topliss-reactive ketones (excluding diaryl/α,β-unsaturated/α-hetero) is 1. The summed E-state index contributed by atoms with van der Waals surface area (Å²) in [5.74, 6) is -0.125. The zero-order valence-corrected chi connectivity index (χ0v) is 14.0. The third-order valence-electron chi connectivity index (χ3n) is 3.27. The SMILES string of the molecule is CC(=O)c1cccc(NS(=O)(=O)c2cc(C)c(Cl)cc2C)c1. The zero-order chi connectivity index (χ0) is 16.5. The number of ketones is 1. The first-order chi connectivity index (χ1) is 10.2. The Morgan fingerprint density at radius 1 is 1.09 bits per heavy atom. The van der Waals surface area contributed by atoms with Gasteiger partial charge in [-0.05, 0) is 56.2 Å². The van der Waals surface area contributed by atoms with Crippen molar-refractivity contribution in [2.45, 2.75) is 25.7 Å². The van der Waals surface area contributed by atoms with Gasteiger partial charge in [0.15, 0.2) is 5.78 Å². The largest absolute Gasteiger partial charge is 0.295 e. The number of nitrogens with one attached hydrogen (secondary N) is 1. The van der Waals surface area contributed by atoms with Crippen LogP contribution in [0.2, 0.25) is 5.02 Å². The lowest BCUT2D eigenvalue weighted by atomic mass is 10.1. The number of carbonyl (C=O) groups excluding carboxylic acids is 1. The summed E-state index contributed by atoms with van der Waals surface area (Å²) in [6.45, 7) is 4.86. The van der Waals surface area contributed by atoms with Gasteiger partial charge in [-0.25, -0.2) is 8.42 Å². The topological polar surface area (TPSA) is 63.2 Å². The number of hydrogen-bond donors (Lipinski definition) is 1. The second-order valence-electron chi connectivity index (χ2n) is 5.11. The Labute approximate surface area is 135 Å². The molecule has 0 spiro atoms. The summed E-state index contributed by atoms with van der Waals surface area (Å²) in [7, 11) is -3.75. The highest BCUT2D eigenvalue weighted by atomic mass is 35.5. The highest BCUT2D eigenvalue weighted by Gasteiger charge is 2.18. The third kappa shape index (κ3) is 3.48. The van der Waals surface area contributed by atoms with E-state index in [9.17, 15) is 13.2 Å². The monoisotopic (exact) mass is 337 g/mol.